The zero-order valence-corrected chi connectivity index (χ0v) is 8.84. The van der Waals surface area contributed by atoms with Gasteiger partial charge >= 0.3 is 5.69 Å². The minimum atomic E-state index is -0.0477. The Morgan fingerprint density at radius 1 is 1.53 bits per heavy atom. The Balaban J connectivity index is 2.72. The molecule has 2 N–H and O–H groups in total. The fraction of sp³-hybridized carbons (Fsp3) is 0.400. The molecule has 0 aliphatic heterocycles. The maximum Gasteiger partial charge on any atom is 0.328 e. The Morgan fingerprint density at radius 3 is 2.93 bits per heavy atom. The highest BCUT2D eigenvalue weighted by molar-refractivity contribution is 5.74. The van der Waals surface area contributed by atoms with Gasteiger partial charge in [0.05, 0.1) is 17.2 Å². The molecule has 80 valence electrons. The highest BCUT2D eigenvalue weighted by atomic mass is 16.1. The standard InChI is InChI=1S/C10H14N4O/c1-7(11)6-14-9-5-12-4-3-8(9)13(2)10(14)15/h3-5,7H,6,11H2,1-2H3. The lowest BCUT2D eigenvalue weighted by Crippen LogP contribution is -2.30. The van der Waals surface area contributed by atoms with Crippen LogP contribution in [-0.4, -0.2) is 20.2 Å². The number of aromatic nitrogens is 3. The number of pyridine rings is 1. The molecule has 0 saturated heterocycles. The fourth-order valence-electron chi connectivity index (χ4n) is 1.72. The molecule has 2 aromatic rings. The van der Waals surface area contributed by atoms with Crippen molar-refractivity contribution < 1.29 is 0 Å². The van der Waals surface area contributed by atoms with E-state index in [1.807, 2.05) is 13.0 Å². The number of hydrogen-bond acceptors (Lipinski definition) is 3. The van der Waals surface area contributed by atoms with Crippen LogP contribution in [0.2, 0.25) is 0 Å². The van der Waals surface area contributed by atoms with Crippen molar-refractivity contribution in [3.05, 3.63) is 28.9 Å². The third-order valence-corrected chi connectivity index (χ3v) is 2.42. The third-order valence-electron chi connectivity index (χ3n) is 2.42. The van der Waals surface area contributed by atoms with E-state index in [-0.39, 0.29) is 11.7 Å². The van der Waals surface area contributed by atoms with Crippen molar-refractivity contribution in [3.63, 3.8) is 0 Å². The summed E-state index contributed by atoms with van der Waals surface area (Å²) in [6.45, 7) is 2.39. The number of nitrogens with two attached hydrogens (primary N) is 1. The van der Waals surface area contributed by atoms with Crippen LogP contribution in [-0.2, 0) is 13.6 Å². The van der Waals surface area contributed by atoms with Gasteiger partial charge in [-0.05, 0) is 13.0 Å². The van der Waals surface area contributed by atoms with Crippen LogP contribution in [0.5, 0.6) is 0 Å². The molecule has 2 heterocycles. The summed E-state index contributed by atoms with van der Waals surface area (Å²) in [6, 6.07) is 1.78. The number of fused-ring (bicyclic) bond motifs is 1. The van der Waals surface area contributed by atoms with Crippen LogP contribution < -0.4 is 11.4 Å². The van der Waals surface area contributed by atoms with Crippen molar-refractivity contribution in [2.75, 3.05) is 0 Å². The lowest BCUT2D eigenvalue weighted by atomic mass is 10.3. The minimum absolute atomic E-state index is 0.0460. The van der Waals surface area contributed by atoms with E-state index in [0.29, 0.717) is 6.54 Å². The Labute approximate surface area is 87.1 Å². The fourth-order valence-corrected chi connectivity index (χ4v) is 1.72. The monoisotopic (exact) mass is 206 g/mol. The van der Waals surface area contributed by atoms with E-state index in [9.17, 15) is 4.79 Å². The van der Waals surface area contributed by atoms with Crippen LogP contribution in [0.3, 0.4) is 0 Å². The molecule has 5 nitrogen and oxygen atoms in total. The van der Waals surface area contributed by atoms with Gasteiger partial charge in [-0.3, -0.25) is 14.1 Å². The van der Waals surface area contributed by atoms with Crippen LogP contribution in [0.25, 0.3) is 11.0 Å². The molecule has 2 rings (SSSR count). The summed E-state index contributed by atoms with van der Waals surface area (Å²) >= 11 is 0. The Kier molecular flexibility index (Phi) is 2.32. The van der Waals surface area contributed by atoms with E-state index >= 15 is 0 Å². The smallest absolute Gasteiger partial charge is 0.326 e. The summed E-state index contributed by atoms with van der Waals surface area (Å²) in [5, 5.41) is 0. The SMILES string of the molecule is CC(N)Cn1c(=O)n(C)c2ccncc21. The van der Waals surface area contributed by atoms with Crippen molar-refractivity contribution >= 4 is 11.0 Å². The zero-order chi connectivity index (χ0) is 11.0. The second kappa shape index (κ2) is 3.51. The van der Waals surface area contributed by atoms with Gasteiger partial charge in [0.1, 0.15) is 0 Å². The topological polar surface area (TPSA) is 65.8 Å². The van der Waals surface area contributed by atoms with Gasteiger partial charge in [0.2, 0.25) is 0 Å². The summed E-state index contributed by atoms with van der Waals surface area (Å²) in [4.78, 5) is 15.9. The average Bonchev–Trinajstić information content (AvgIpc) is 2.44. The van der Waals surface area contributed by atoms with E-state index < -0.39 is 0 Å². The van der Waals surface area contributed by atoms with Crippen molar-refractivity contribution in [2.45, 2.75) is 19.5 Å². The largest absolute Gasteiger partial charge is 0.328 e. The molecule has 0 aliphatic rings. The van der Waals surface area contributed by atoms with Crippen LogP contribution in [0.4, 0.5) is 0 Å². The van der Waals surface area contributed by atoms with Crippen molar-refractivity contribution in [3.8, 4) is 0 Å². The molecule has 0 radical (unpaired) electrons. The van der Waals surface area contributed by atoms with Gasteiger partial charge in [-0.15, -0.1) is 0 Å². The second-order valence-electron chi connectivity index (χ2n) is 3.79. The number of imidazole rings is 1. The van der Waals surface area contributed by atoms with Crippen LogP contribution in [0.15, 0.2) is 23.3 Å². The molecule has 2 aromatic heterocycles. The predicted octanol–water partition coefficient (Wildman–Crippen LogP) is 0.0822. The minimum Gasteiger partial charge on any atom is -0.326 e. The molecule has 1 unspecified atom stereocenters. The molecular weight excluding hydrogens is 192 g/mol. The van der Waals surface area contributed by atoms with Crippen LogP contribution in [0.1, 0.15) is 6.92 Å². The summed E-state index contributed by atoms with van der Waals surface area (Å²) < 4.78 is 3.27. The second-order valence-corrected chi connectivity index (χ2v) is 3.79. The first kappa shape index (κ1) is 9.92. The van der Waals surface area contributed by atoms with E-state index in [1.54, 1.807) is 28.6 Å². The van der Waals surface area contributed by atoms with Gasteiger partial charge in [0.25, 0.3) is 0 Å². The molecule has 5 heteroatoms. The number of rotatable bonds is 2. The van der Waals surface area contributed by atoms with Crippen molar-refractivity contribution in [2.24, 2.45) is 12.8 Å². The highest BCUT2D eigenvalue weighted by Gasteiger charge is 2.10. The van der Waals surface area contributed by atoms with Gasteiger partial charge in [0.15, 0.2) is 0 Å². The van der Waals surface area contributed by atoms with Crippen LogP contribution >= 0.6 is 0 Å². The maximum absolute atomic E-state index is 11.9. The third kappa shape index (κ3) is 1.55. The van der Waals surface area contributed by atoms with Gasteiger partial charge in [-0.2, -0.15) is 0 Å². The lowest BCUT2D eigenvalue weighted by molar-refractivity contribution is 0.577. The van der Waals surface area contributed by atoms with Crippen molar-refractivity contribution in [1.29, 1.82) is 0 Å². The zero-order valence-electron chi connectivity index (χ0n) is 8.84. The van der Waals surface area contributed by atoms with Crippen LogP contribution in [0, 0.1) is 0 Å². The molecule has 1 atom stereocenters. The first-order chi connectivity index (χ1) is 7.11. The van der Waals surface area contributed by atoms with Gasteiger partial charge in [-0.25, -0.2) is 4.79 Å². The normalized spacial score (nSPS) is 13.3. The van der Waals surface area contributed by atoms with Gasteiger partial charge in [-0.1, -0.05) is 0 Å². The molecule has 0 aromatic carbocycles. The Hall–Kier alpha value is -1.62. The molecule has 0 amide bonds. The first-order valence-corrected chi connectivity index (χ1v) is 4.86. The Bertz CT molecular complexity index is 538. The van der Waals surface area contributed by atoms with E-state index in [1.165, 1.54) is 0 Å². The van der Waals surface area contributed by atoms with Gasteiger partial charge in [0, 0.05) is 25.8 Å². The molecule has 0 bridgehead atoms. The average molecular weight is 206 g/mol. The summed E-state index contributed by atoms with van der Waals surface area (Å²) in [5.74, 6) is 0. The molecular formula is C10H14N4O. The Morgan fingerprint density at radius 2 is 2.27 bits per heavy atom. The summed E-state index contributed by atoms with van der Waals surface area (Å²) in [5.41, 5.74) is 7.38. The van der Waals surface area contributed by atoms with Gasteiger partial charge < -0.3 is 5.73 Å². The highest BCUT2D eigenvalue weighted by Crippen LogP contribution is 2.09. The molecule has 15 heavy (non-hydrogen) atoms. The number of hydrogen-bond donors (Lipinski definition) is 1. The molecule has 0 saturated carbocycles. The van der Waals surface area contributed by atoms with E-state index in [4.69, 9.17) is 5.73 Å². The van der Waals surface area contributed by atoms with Crippen molar-refractivity contribution in [1.82, 2.24) is 14.1 Å². The molecule has 0 aliphatic carbocycles. The predicted molar refractivity (Wildman–Crippen MR) is 58.6 cm³/mol. The number of nitrogens with zero attached hydrogens (tertiary/aromatic N) is 3. The van der Waals surface area contributed by atoms with E-state index in [0.717, 1.165) is 11.0 Å². The summed E-state index contributed by atoms with van der Waals surface area (Å²) in [7, 11) is 1.75. The first-order valence-electron chi connectivity index (χ1n) is 4.86. The molecule has 0 spiro atoms. The molecule has 0 fully saturated rings. The quantitative estimate of drug-likeness (QED) is 0.756. The number of aryl methyl sites for hydroxylation is 1. The maximum atomic E-state index is 11.9. The lowest BCUT2D eigenvalue weighted by Gasteiger charge is -2.05. The van der Waals surface area contributed by atoms with E-state index in [2.05, 4.69) is 4.98 Å². The summed E-state index contributed by atoms with van der Waals surface area (Å²) in [6.07, 6.45) is 3.37.